The molecule has 0 saturated carbocycles. The zero-order valence-corrected chi connectivity index (χ0v) is 9.52. The van der Waals surface area contributed by atoms with E-state index in [0.29, 0.717) is 29.5 Å². The summed E-state index contributed by atoms with van der Waals surface area (Å²) in [5.41, 5.74) is 0.803. The van der Waals surface area contributed by atoms with Gasteiger partial charge in [-0.2, -0.15) is 0 Å². The van der Waals surface area contributed by atoms with Gasteiger partial charge in [0.15, 0.2) is 0 Å². The summed E-state index contributed by atoms with van der Waals surface area (Å²) in [5.74, 6) is 0.210. The molecule has 0 bridgehead atoms. The average molecular weight is 245 g/mol. The van der Waals surface area contributed by atoms with Crippen LogP contribution < -0.4 is 0 Å². The van der Waals surface area contributed by atoms with Crippen LogP contribution in [0.2, 0.25) is 10.0 Å². The van der Waals surface area contributed by atoms with Gasteiger partial charge in [0.1, 0.15) is 5.78 Å². The Balaban J connectivity index is 2.27. The van der Waals surface area contributed by atoms with Gasteiger partial charge >= 0.3 is 0 Å². The largest absolute Gasteiger partial charge is 0.373 e. The highest BCUT2D eigenvalue weighted by Crippen LogP contribution is 2.32. The van der Waals surface area contributed by atoms with Crippen LogP contribution >= 0.6 is 23.2 Å². The first kappa shape index (κ1) is 10.9. The highest BCUT2D eigenvalue weighted by molar-refractivity contribution is 6.33. The minimum atomic E-state index is -0.238. The fraction of sp³-hybridized carbons (Fsp3) is 0.364. The van der Waals surface area contributed by atoms with Crippen LogP contribution in [0.3, 0.4) is 0 Å². The van der Waals surface area contributed by atoms with Crippen molar-refractivity contribution < 1.29 is 9.53 Å². The Kier molecular flexibility index (Phi) is 3.29. The number of hydrogen-bond donors (Lipinski definition) is 0. The van der Waals surface area contributed by atoms with Gasteiger partial charge < -0.3 is 4.74 Å². The number of benzene rings is 1. The first-order valence-electron chi connectivity index (χ1n) is 4.75. The van der Waals surface area contributed by atoms with Crippen LogP contribution in [0.15, 0.2) is 18.2 Å². The van der Waals surface area contributed by atoms with Crippen LogP contribution in [0.4, 0.5) is 0 Å². The van der Waals surface area contributed by atoms with Crippen molar-refractivity contribution in [1.82, 2.24) is 0 Å². The van der Waals surface area contributed by atoms with E-state index in [2.05, 4.69) is 0 Å². The van der Waals surface area contributed by atoms with Crippen LogP contribution in [0.1, 0.15) is 24.5 Å². The second-order valence-electron chi connectivity index (χ2n) is 3.52. The molecule has 2 nitrogen and oxygen atoms in total. The van der Waals surface area contributed by atoms with Crippen molar-refractivity contribution in [1.29, 1.82) is 0 Å². The number of ketones is 1. The number of halogens is 2. The van der Waals surface area contributed by atoms with Gasteiger partial charge in [0, 0.05) is 28.5 Å². The third kappa shape index (κ3) is 2.51. The summed E-state index contributed by atoms with van der Waals surface area (Å²) in [6, 6.07) is 5.20. The quantitative estimate of drug-likeness (QED) is 0.757. The van der Waals surface area contributed by atoms with Gasteiger partial charge in [-0.25, -0.2) is 0 Å². The molecule has 1 heterocycles. The predicted molar refractivity (Wildman–Crippen MR) is 59.4 cm³/mol. The maximum absolute atomic E-state index is 11.3. The van der Waals surface area contributed by atoms with E-state index in [9.17, 15) is 4.79 Å². The minimum absolute atomic E-state index is 0.210. The summed E-state index contributed by atoms with van der Waals surface area (Å²) >= 11 is 11.9. The average Bonchev–Trinajstić information content (AvgIpc) is 2.22. The number of carbonyl (C=O) groups is 1. The molecule has 1 saturated heterocycles. The van der Waals surface area contributed by atoms with Gasteiger partial charge in [0.2, 0.25) is 0 Å². The fourth-order valence-electron chi connectivity index (χ4n) is 1.64. The van der Waals surface area contributed by atoms with E-state index in [4.69, 9.17) is 27.9 Å². The standard InChI is InChI=1S/C11H10Cl2O2/c12-7-1-2-10(13)9(5-7)11-6-8(14)3-4-15-11/h1-2,5,11H,3-4,6H2. The van der Waals surface area contributed by atoms with E-state index in [-0.39, 0.29) is 11.9 Å². The van der Waals surface area contributed by atoms with Crippen molar-refractivity contribution in [2.24, 2.45) is 0 Å². The summed E-state index contributed by atoms with van der Waals surface area (Å²) in [6.45, 7) is 0.465. The first-order chi connectivity index (χ1) is 7.16. The Morgan fingerprint density at radius 2 is 2.13 bits per heavy atom. The molecule has 0 amide bonds. The molecule has 1 aromatic carbocycles. The summed E-state index contributed by atoms with van der Waals surface area (Å²) in [7, 11) is 0. The number of ether oxygens (including phenoxy) is 1. The highest BCUT2D eigenvalue weighted by Gasteiger charge is 2.23. The van der Waals surface area contributed by atoms with Gasteiger partial charge in [-0.1, -0.05) is 23.2 Å². The maximum atomic E-state index is 11.3. The predicted octanol–water partition coefficient (Wildman–Crippen LogP) is 3.41. The van der Waals surface area contributed by atoms with Crippen molar-refractivity contribution in [2.75, 3.05) is 6.61 Å². The molecule has 0 aliphatic carbocycles. The lowest BCUT2D eigenvalue weighted by molar-refractivity contribution is -0.128. The monoisotopic (exact) mass is 244 g/mol. The molecule has 0 N–H and O–H groups in total. The second-order valence-corrected chi connectivity index (χ2v) is 4.36. The molecule has 0 radical (unpaired) electrons. The van der Waals surface area contributed by atoms with Crippen molar-refractivity contribution >= 4 is 29.0 Å². The van der Waals surface area contributed by atoms with E-state index < -0.39 is 0 Å². The Labute approximate surface area is 98.1 Å². The molecule has 0 aromatic heterocycles. The molecule has 1 aliphatic heterocycles. The molecule has 15 heavy (non-hydrogen) atoms. The van der Waals surface area contributed by atoms with E-state index >= 15 is 0 Å². The molecule has 0 spiro atoms. The Hall–Kier alpha value is -0.570. The summed E-state index contributed by atoms with van der Waals surface area (Å²) in [6.07, 6.45) is 0.645. The number of rotatable bonds is 1. The Morgan fingerprint density at radius 3 is 2.87 bits per heavy atom. The smallest absolute Gasteiger partial charge is 0.138 e. The van der Waals surface area contributed by atoms with Crippen LogP contribution in [0.5, 0.6) is 0 Å². The maximum Gasteiger partial charge on any atom is 0.138 e. The van der Waals surface area contributed by atoms with Crippen LogP contribution in [-0.4, -0.2) is 12.4 Å². The zero-order valence-electron chi connectivity index (χ0n) is 8.00. The van der Waals surface area contributed by atoms with Crippen LogP contribution in [0, 0.1) is 0 Å². The highest BCUT2D eigenvalue weighted by atomic mass is 35.5. The molecule has 1 unspecified atom stereocenters. The second kappa shape index (κ2) is 4.52. The molecule has 1 aliphatic rings. The lowest BCUT2D eigenvalue weighted by Crippen LogP contribution is -2.19. The molecule has 1 fully saturated rings. The van der Waals surface area contributed by atoms with E-state index in [1.165, 1.54) is 0 Å². The van der Waals surface area contributed by atoms with Crippen LogP contribution in [0.25, 0.3) is 0 Å². The van der Waals surface area contributed by atoms with Crippen molar-refractivity contribution in [3.8, 4) is 0 Å². The molecule has 1 atom stereocenters. The fourth-order valence-corrected chi connectivity index (χ4v) is 2.06. The minimum Gasteiger partial charge on any atom is -0.373 e. The molecular weight excluding hydrogens is 235 g/mol. The first-order valence-corrected chi connectivity index (χ1v) is 5.50. The van der Waals surface area contributed by atoms with Crippen molar-refractivity contribution in [2.45, 2.75) is 18.9 Å². The van der Waals surface area contributed by atoms with Crippen molar-refractivity contribution in [3.05, 3.63) is 33.8 Å². The lowest BCUT2D eigenvalue weighted by atomic mass is 10.0. The van der Waals surface area contributed by atoms with Gasteiger partial charge in [-0.05, 0) is 18.2 Å². The number of Topliss-reactive ketones (excluding diaryl/α,β-unsaturated/α-hetero) is 1. The van der Waals surface area contributed by atoms with Gasteiger partial charge in [0.05, 0.1) is 12.7 Å². The summed E-state index contributed by atoms with van der Waals surface area (Å²) in [4.78, 5) is 11.3. The SMILES string of the molecule is O=C1CCOC(c2cc(Cl)ccc2Cl)C1. The third-order valence-corrected chi connectivity index (χ3v) is 3.00. The molecular formula is C11H10Cl2O2. The lowest BCUT2D eigenvalue weighted by Gasteiger charge is -2.23. The topological polar surface area (TPSA) is 26.3 Å². The Morgan fingerprint density at radius 1 is 1.33 bits per heavy atom. The zero-order chi connectivity index (χ0) is 10.8. The van der Waals surface area contributed by atoms with Gasteiger partial charge in [-0.15, -0.1) is 0 Å². The number of carbonyl (C=O) groups excluding carboxylic acids is 1. The molecule has 1 aromatic rings. The third-order valence-electron chi connectivity index (χ3n) is 2.42. The molecule has 2 rings (SSSR count). The summed E-state index contributed by atoms with van der Waals surface area (Å²) in [5, 5.41) is 1.20. The van der Waals surface area contributed by atoms with Gasteiger partial charge in [0.25, 0.3) is 0 Å². The molecule has 80 valence electrons. The van der Waals surface area contributed by atoms with E-state index in [0.717, 1.165) is 5.56 Å². The van der Waals surface area contributed by atoms with E-state index in [1.54, 1.807) is 18.2 Å². The van der Waals surface area contributed by atoms with Crippen molar-refractivity contribution in [3.63, 3.8) is 0 Å². The summed E-state index contributed by atoms with van der Waals surface area (Å²) < 4.78 is 5.51. The number of hydrogen-bond acceptors (Lipinski definition) is 2. The van der Waals surface area contributed by atoms with E-state index in [1.807, 2.05) is 0 Å². The normalized spacial score (nSPS) is 21.7. The van der Waals surface area contributed by atoms with Gasteiger partial charge in [-0.3, -0.25) is 4.79 Å². The Bertz CT molecular complexity index is 390. The van der Waals surface area contributed by atoms with Crippen LogP contribution in [-0.2, 0) is 9.53 Å². The molecule has 4 heteroatoms.